The molecule has 7 heteroatoms. The molecule has 0 aromatic heterocycles. The van der Waals surface area contributed by atoms with Crippen molar-refractivity contribution in [2.24, 2.45) is 10.8 Å². The van der Waals surface area contributed by atoms with Gasteiger partial charge in [0.25, 0.3) is 0 Å². The SMILES string of the molecule is N#C/C(=N\Nc1ccc(O)cc1Cl)C(=N)N. The number of hydrazone groups is 1. The van der Waals surface area contributed by atoms with Gasteiger partial charge in [0.2, 0.25) is 5.71 Å². The van der Waals surface area contributed by atoms with Gasteiger partial charge in [-0.15, -0.1) is 0 Å². The number of aromatic hydroxyl groups is 1. The highest BCUT2D eigenvalue weighted by atomic mass is 35.5. The molecule has 0 aliphatic heterocycles. The lowest BCUT2D eigenvalue weighted by molar-refractivity contribution is 0.475. The largest absolute Gasteiger partial charge is 0.508 e. The fourth-order valence-corrected chi connectivity index (χ4v) is 1.07. The Hall–Kier alpha value is -2.26. The van der Waals surface area contributed by atoms with Crippen molar-refractivity contribution in [3.63, 3.8) is 0 Å². The Morgan fingerprint density at radius 3 is 2.81 bits per heavy atom. The lowest BCUT2D eigenvalue weighted by atomic mass is 10.3. The van der Waals surface area contributed by atoms with E-state index in [4.69, 9.17) is 33.1 Å². The van der Waals surface area contributed by atoms with Crippen molar-refractivity contribution >= 4 is 28.8 Å². The maximum atomic E-state index is 9.09. The maximum Gasteiger partial charge on any atom is 0.201 e. The standard InChI is InChI=1S/C9H8ClN5O/c10-6-3-5(16)1-2-7(6)14-15-8(4-11)9(12)13/h1-3,14,16H,(H3,12,13)/b15-8+. The molecule has 0 aliphatic carbocycles. The number of nitriles is 1. The van der Waals surface area contributed by atoms with E-state index in [9.17, 15) is 0 Å². The molecular formula is C9H8ClN5O. The van der Waals surface area contributed by atoms with E-state index in [2.05, 4.69) is 10.5 Å². The summed E-state index contributed by atoms with van der Waals surface area (Å²) in [5.41, 5.74) is 7.72. The molecule has 1 rings (SSSR count). The summed E-state index contributed by atoms with van der Waals surface area (Å²) >= 11 is 5.78. The van der Waals surface area contributed by atoms with Gasteiger partial charge in [-0.3, -0.25) is 10.8 Å². The summed E-state index contributed by atoms with van der Waals surface area (Å²) in [7, 11) is 0. The van der Waals surface area contributed by atoms with Crippen molar-refractivity contribution in [2.45, 2.75) is 0 Å². The fourth-order valence-electron chi connectivity index (χ4n) is 0.856. The molecular weight excluding hydrogens is 230 g/mol. The van der Waals surface area contributed by atoms with E-state index < -0.39 is 5.84 Å². The first-order valence-corrected chi connectivity index (χ1v) is 4.49. The second-order valence-corrected chi connectivity index (χ2v) is 3.17. The molecule has 82 valence electrons. The first kappa shape index (κ1) is 11.8. The van der Waals surface area contributed by atoms with Crippen LogP contribution in [0.1, 0.15) is 0 Å². The van der Waals surface area contributed by atoms with E-state index in [1.54, 1.807) is 6.07 Å². The molecule has 1 aromatic rings. The molecule has 6 nitrogen and oxygen atoms in total. The summed E-state index contributed by atoms with van der Waals surface area (Å²) < 4.78 is 0. The van der Waals surface area contributed by atoms with Gasteiger partial charge in [-0.1, -0.05) is 11.6 Å². The molecule has 0 amide bonds. The number of nitrogens with one attached hydrogen (secondary N) is 2. The molecule has 0 unspecified atom stereocenters. The molecule has 0 radical (unpaired) electrons. The lowest BCUT2D eigenvalue weighted by Gasteiger charge is -2.03. The minimum absolute atomic E-state index is 0.0200. The van der Waals surface area contributed by atoms with Crippen molar-refractivity contribution in [1.29, 1.82) is 10.7 Å². The number of rotatable bonds is 3. The van der Waals surface area contributed by atoms with Crippen LogP contribution in [0, 0.1) is 16.7 Å². The molecule has 0 bridgehead atoms. The van der Waals surface area contributed by atoms with Crippen LogP contribution in [0.2, 0.25) is 5.02 Å². The Morgan fingerprint density at radius 2 is 2.31 bits per heavy atom. The number of phenolic OH excluding ortho intramolecular Hbond substituents is 1. The number of nitrogens with two attached hydrogens (primary N) is 1. The summed E-state index contributed by atoms with van der Waals surface area (Å²) in [6.45, 7) is 0. The van der Waals surface area contributed by atoms with Gasteiger partial charge in [0.15, 0.2) is 5.84 Å². The predicted octanol–water partition coefficient (Wildman–Crippen LogP) is 1.27. The van der Waals surface area contributed by atoms with Gasteiger partial charge in [-0.25, -0.2) is 0 Å². The van der Waals surface area contributed by atoms with Crippen LogP contribution in [0.15, 0.2) is 23.3 Å². The first-order chi connectivity index (χ1) is 7.54. The molecule has 0 spiro atoms. The number of hydrogen-bond donors (Lipinski definition) is 4. The average Bonchev–Trinajstić information content (AvgIpc) is 2.21. The summed E-state index contributed by atoms with van der Waals surface area (Å²) in [6.07, 6.45) is 0. The Morgan fingerprint density at radius 1 is 1.62 bits per heavy atom. The highest BCUT2D eigenvalue weighted by molar-refractivity contribution is 6.45. The predicted molar refractivity (Wildman–Crippen MR) is 61.7 cm³/mol. The minimum atomic E-state index is -0.440. The number of benzene rings is 1. The van der Waals surface area contributed by atoms with Crippen molar-refractivity contribution in [1.82, 2.24) is 0 Å². The molecule has 0 aliphatic rings. The van der Waals surface area contributed by atoms with Crippen LogP contribution >= 0.6 is 11.6 Å². The van der Waals surface area contributed by atoms with Crippen LogP contribution in [0.3, 0.4) is 0 Å². The van der Waals surface area contributed by atoms with E-state index in [1.165, 1.54) is 18.2 Å². The van der Waals surface area contributed by atoms with Crippen LogP contribution in [-0.2, 0) is 0 Å². The summed E-state index contributed by atoms with van der Waals surface area (Å²) in [5, 5.41) is 28.5. The van der Waals surface area contributed by atoms with E-state index >= 15 is 0 Å². The second kappa shape index (κ2) is 5.00. The van der Waals surface area contributed by atoms with Crippen LogP contribution in [0.25, 0.3) is 0 Å². The van der Waals surface area contributed by atoms with E-state index in [-0.39, 0.29) is 16.5 Å². The molecule has 0 atom stereocenters. The molecule has 0 heterocycles. The van der Waals surface area contributed by atoms with E-state index in [0.717, 1.165) is 0 Å². The Bertz CT molecular complexity index is 491. The summed E-state index contributed by atoms with van der Waals surface area (Å²) in [5.74, 6) is -0.420. The minimum Gasteiger partial charge on any atom is -0.508 e. The third-order valence-electron chi connectivity index (χ3n) is 1.60. The Balaban J connectivity index is 2.90. The van der Waals surface area contributed by atoms with Crippen molar-refractivity contribution < 1.29 is 5.11 Å². The molecule has 0 fully saturated rings. The normalized spacial score (nSPS) is 10.6. The number of phenols is 1. The van der Waals surface area contributed by atoms with Crippen LogP contribution in [-0.4, -0.2) is 16.7 Å². The lowest BCUT2D eigenvalue weighted by Crippen LogP contribution is -2.21. The number of halogens is 1. The Labute approximate surface area is 96.5 Å². The zero-order valence-electron chi connectivity index (χ0n) is 8.03. The van der Waals surface area contributed by atoms with Gasteiger partial charge in [0, 0.05) is 6.07 Å². The van der Waals surface area contributed by atoms with Crippen molar-refractivity contribution in [3.8, 4) is 11.8 Å². The number of hydrogen-bond acceptors (Lipinski definition) is 5. The molecule has 1 aromatic carbocycles. The fraction of sp³-hybridized carbons (Fsp3) is 0. The van der Waals surface area contributed by atoms with Gasteiger partial charge in [-0.2, -0.15) is 10.4 Å². The number of amidine groups is 1. The molecule has 16 heavy (non-hydrogen) atoms. The monoisotopic (exact) mass is 237 g/mol. The highest BCUT2D eigenvalue weighted by Crippen LogP contribution is 2.25. The maximum absolute atomic E-state index is 9.09. The van der Waals surface area contributed by atoms with Crippen LogP contribution in [0.4, 0.5) is 5.69 Å². The third-order valence-corrected chi connectivity index (χ3v) is 1.91. The van der Waals surface area contributed by atoms with Crippen LogP contribution < -0.4 is 11.2 Å². The third kappa shape index (κ3) is 2.87. The average molecular weight is 238 g/mol. The van der Waals surface area contributed by atoms with Gasteiger partial charge in [-0.05, 0) is 12.1 Å². The second-order valence-electron chi connectivity index (χ2n) is 2.76. The number of nitrogens with zero attached hydrogens (tertiary/aromatic N) is 2. The Kier molecular flexibility index (Phi) is 3.69. The zero-order valence-corrected chi connectivity index (χ0v) is 8.78. The van der Waals surface area contributed by atoms with Gasteiger partial charge < -0.3 is 10.8 Å². The number of anilines is 1. The summed E-state index contributed by atoms with van der Waals surface area (Å²) in [6, 6.07) is 5.86. The van der Waals surface area contributed by atoms with E-state index in [1.807, 2.05) is 0 Å². The van der Waals surface area contributed by atoms with Gasteiger partial charge in [0.05, 0.1) is 10.7 Å². The van der Waals surface area contributed by atoms with Gasteiger partial charge >= 0.3 is 0 Å². The molecule has 0 saturated heterocycles. The van der Waals surface area contributed by atoms with Crippen LogP contribution in [0.5, 0.6) is 5.75 Å². The highest BCUT2D eigenvalue weighted by Gasteiger charge is 2.03. The van der Waals surface area contributed by atoms with E-state index in [0.29, 0.717) is 5.69 Å². The van der Waals surface area contributed by atoms with Crippen molar-refractivity contribution in [3.05, 3.63) is 23.2 Å². The summed E-state index contributed by atoms with van der Waals surface area (Å²) in [4.78, 5) is 0. The quantitative estimate of drug-likeness (QED) is 0.274. The van der Waals surface area contributed by atoms with Crippen molar-refractivity contribution in [2.75, 3.05) is 5.43 Å². The molecule has 5 N–H and O–H groups in total. The first-order valence-electron chi connectivity index (χ1n) is 4.11. The van der Waals surface area contributed by atoms with Gasteiger partial charge in [0.1, 0.15) is 11.8 Å². The zero-order chi connectivity index (χ0) is 12.1. The molecule has 0 saturated carbocycles. The topological polar surface area (TPSA) is 118 Å². The smallest absolute Gasteiger partial charge is 0.201 e.